The molecule has 29 heavy (non-hydrogen) atoms. The van der Waals surface area contributed by atoms with Gasteiger partial charge in [-0.15, -0.1) is 0 Å². The fourth-order valence-electron chi connectivity index (χ4n) is 4.05. The molecule has 0 spiro atoms. The Morgan fingerprint density at radius 3 is 2.52 bits per heavy atom. The molecule has 3 N–H and O–H groups in total. The quantitative estimate of drug-likeness (QED) is 0.650. The topological polar surface area (TPSA) is 125 Å². The predicted octanol–water partition coefficient (Wildman–Crippen LogP) is 1.08. The van der Waals surface area contributed by atoms with Gasteiger partial charge in [0.15, 0.2) is 5.82 Å². The summed E-state index contributed by atoms with van der Waals surface area (Å²) < 4.78 is 1.60. The molecular formula is C20H20N4O5. The van der Waals surface area contributed by atoms with Gasteiger partial charge in [0.2, 0.25) is 5.91 Å². The number of nitrogens with one attached hydrogen (secondary N) is 1. The van der Waals surface area contributed by atoms with Crippen LogP contribution in [0.25, 0.3) is 5.57 Å². The predicted molar refractivity (Wildman–Crippen MR) is 103 cm³/mol. The molecule has 1 saturated heterocycles. The summed E-state index contributed by atoms with van der Waals surface area (Å²) in [6, 6.07) is 6.42. The first-order chi connectivity index (χ1) is 13.8. The van der Waals surface area contributed by atoms with Crippen molar-refractivity contribution in [2.45, 2.75) is 25.5 Å². The molecule has 0 saturated carbocycles. The van der Waals surface area contributed by atoms with Crippen LogP contribution < -0.4 is 5.32 Å². The molecule has 150 valence electrons. The van der Waals surface area contributed by atoms with Gasteiger partial charge in [-0.05, 0) is 36.6 Å². The van der Waals surface area contributed by atoms with Gasteiger partial charge in [-0.25, -0.2) is 9.78 Å². The Bertz CT molecular complexity index is 1040. The molecular weight excluding hydrogens is 376 g/mol. The number of imidazole rings is 1. The van der Waals surface area contributed by atoms with Gasteiger partial charge in [-0.3, -0.25) is 9.59 Å². The minimum atomic E-state index is -1.17. The van der Waals surface area contributed by atoms with Gasteiger partial charge in [-0.1, -0.05) is 12.1 Å². The zero-order chi connectivity index (χ0) is 20.9. The molecule has 1 aromatic carbocycles. The molecule has 1 fully saturated rings. The van der Waals surface area contributed by atoms with Gasteiger partial charge in [0.1, 0.15) is 5.70 Å². The molecule has 2 aliphatic rings. The lowest BCUT2D eigenvalue weighted by atomic mass is 9.82. The zero-order valence-electron chi connectivity index (χ0n) is 15.9. The first-order valence-corrected chi connectivity index (χ1v) is 9.16. The van der Waals surface area contributed by atoms with E-state index in [9.17, 15) is 24.6 Å². The largest absolute Gasteiger partial charge is 0.477 e. The third-order valence-corrected chi connectivity index (χ3v) is 5.45. The number of rotatable bonds is 5. The molecule has 3 atom stereocenters. The van der Waals surface area contributed by atoms with Crippen molar-refractivity contribution in [3.05, 3.63) is 53.7 Å². The molecule has 1 aromatic heterocycles. The number of aliphatic carboxylic acids is 1. The number of nitrogens with zero attached hydrogens (tertiary/aromatic N) is 3. The van der Waals surface area contributed by atoms with E-state index in [1.54, 1.807) is 42.1 Å². The fourth-order valence-corrected chi connectivity index (χ4v) is 4.05. The number of aryl methyl sites for hydroxylation is 1. The number of carboxylic acid groups (broad SMARTS) is 1. The highest BCUT2D eigenvalue weighted by Crippen LogP contribution is 2.46. The molecule has 9 heteroatoms. The summed E-state index contributed by atoms with van der Waals surface area (Å²) in [5, 5.41) is 22.2. The highest BCUT2D eigenvalue weighted by atomic mass is 16.4. The average Bonchev–Trinajstić information content (AvgIpc) is 3.23. The van der Waals surface area contributed by atoms with Gasteiger partial charge in [0, 0.05) is 25.1 Å². The summed E-state index contributed by atoms with van der Waals surface area (Å²) in [5.41, 5.74) is 1.70. The Hall–Kier alpha value is -3.46. The third kappa shape index (κ3) is 2.99. The van der Waals surface area contributed by atoms with Gasteiger partial charge in [0.25, 0.3) is 5.91 Å². The van der Waals surface area contributed by atoms with Crippen LogP contribution >= 0.6 is 0 Å². The standard InChI is InChI=1S/C20H20N4O5/c1-10(25)15-14-9-13(16(20(28)29)24(14)19(15)27)11-3-5-12(6-4-11)22-18(26)17-21-7-8-23(17)2/h3-8,10,14-15,25H,9H2,1-2H3,(H,22,26)(H,28,29)/t10-,14-,15-/m1/s1. The normalized spacial score (nSPS) is 21.6. The number of carbonyl (C=O) groups excluding carboxylic acids is 2. The molecule has 0 unspecified atom stereocenters. The van der Waals surface area contributed by atoms with E-state index in [2.05, 4.69) is 10.3 Å². The summed E-state index contributed by atoms with van der Waals surface area (Å²) in [5.74, 6) is -2.21. The lowest BCUT2D eigenvalue weighted by Gasteiger charge is -2.44. The molecule has 3 heterocycles. The smallest absolute Gasteiger partial charge is 0.352 e. The number of benzene rings is 1. The van der Waals surface area contributed by atoms with E-state index >= 15 is 0 Å². The molecule has 9 nitrogen and oxygen atoms in total. The number of aromatic nitrogens is 2. The molecule has 0 aliphatic carbocycles. The van der Waals surface area contributed by atoms with E-state index in [0.717, 1.165) is 0 Å². The van der Waals surface area contributed by atoms with E-state index in [1.165, 1.54) is 18.0 Å². The number of β-lactam (4-membered cyclic amide) rings is 1. The summed E-state index contributed by atoms with van der Waals surface area (Å²) in [6.45, 7) is 1.54. The van der Waals surface area contributed by atoms with Crippen molar-refractivity contribution >= 4 is 29.0 Å². The number of amides is 2. The molecule has 4 rings (SSSR count). The fraction of sp³-hybridized carbons (Fsp3) is 0.300. The number of hydrogen-bond donors (Lipinski definition) is 3. The van der Waals surface area contributed by atoms with Gasteiger partial charge >= 0.3 is 5.97 Å². The minimum Gasteiger partial charge on any atom is -0.477 e. The summed E-state index contributed by atoms with van der Waals surface area (Å²) >= 11 is 0. The number of aliphatic hydroxyl groups is 1. The second-order valence-corrected chi connectivity index (χ2v) is 7.27. The highest BCUT2D eigenvalue weighted by Gasteiger charge is 2.56. The monoisotopic (exact) mass is 396 g/mol. The Labute approximate surface area is 166 Å². The van der Waals surface area contributed by atoms with Crippen molar-refractivity contribution in [2.24, 2.45) is 13.0 Å². The van der Waals surface area contributed by atoms with Crippen molar-refractivity contribution in [1.29, 1.82) is 0 Å². The summed E-state index contributed by atoms with van der Waals surface area (Å²) in [7, 11) is 1.72. The van der Waals surface area contributed by atoms with E-state index in [-0.39, 0.29) is 29.4 Å². The number of carboxylic acids is 1. The third-order valence-electron chi connectivity index (χ3n) is 5.45. The Balaban J connectivity index is 1.57. The van der Waals surface area contributed by atoms with Crippen LogP contribution in [0.3, 0.4) is 0 Å². The van der Waals surface area contributed by atoms with Crippen molar-refractivity contribution in [2.75, 3.05) is 5.32 Å². The van der Waals surface area contributed by atoms with E-state index in [4.69, 9.17) is 0 Å². The first kappa shape index (κ1) is 18.9. The first-order valence-electron chi connectivity index (χ1n) is 9.16. The number of aliphatic hydroxyl groups excluding tert-OH is 1. The van der Waals surface area contributed by atoms with E-state index in [1.807, 2.05) is 0 Å². The van der Waals surface area contributed by atoms with Gasteiger partial charge in [0.05, 0.1) is 18.1 Å². The average molecular weight is 396 g/mol. The van der Waals surface area contributed by atoms with Crippen LogP contribution in [-0.2, 0) is 16.6 Å². The maximum Gasteiger partial charge on any atom is 0.352 e. The number of anilines is 1. The van der Waals surface area contributed by atoms with Crippen LogP contribution in [0.5, 0.6) is 0 Å². The van der Waals surface area contributed by atoms with Gasteiger partial charge in [-0.2, -0.15) is 0 Å². The Morgan fingerprint density at radius 2 is 1.97 bits per heavy atom. The van der Waals surface area contributed by atoms with Crippen LogP contribution in [0.15, 0.2) is 42.4 Å². The van der Waals surface area contributed by atoms with Crippen molar-refractivity contribution < 1.29 is 24.6 Å². The van der Waals surface area contributed by atoms with Crippen LogP contribution in [-0.4, -0.2) is 54.6 Å². The number of carbonyl (C=O) groups is 3. The second-order valence-electron chi connectivity index (χ2n) is 7.27. The van der Waals surface area contributed by atoms with Gasteiger partial charge < -0.3 is 25.0 Å². The van der Waals surface area contributed by atoms with Crippen molar-refractivity contribution in [3.63, 3.8) is 0 Å². The van der Waals surface area contributed by atoms with Crippen LogP contribution in [0.2, 0.25) is 0 Å². The maximum atomic E-state index is 12.3. The van der Waals surface area contributed by atoms with Crippen LogP contribution in [0.4, 0.5) is 5.69 Å². The summed E-state index contributed by atoms with van der Waals surface area (Å²) in [6.07, 6.45) is 2.73. The molecule has 2 aromatic rings. The van der Waals surface area contributed by atoms with E-state index in [0.29, 0.717) is 23.2 Å². The number of hydrogen-bond acceptors (Lipinski definition) is 5. The minimum absolute atomic E-state index is 0.0401. The molecule has 0 bridgehead atoms. The van der Waals surface area contributed by atoms with Crippen LogP contribution in [0.1, 0.15) is 29.5 Å². The second kappa shape index (κ2) is 6.85. The maximum absolute atomic E-state index is 12.3. The van der Waals surface area contributed by atoms with Crippen molar-refractivity contribution in [3.8, 4) is 0 Å². The summed E-state index contributed by atoms with van der Waals surface area (Å²) in [4.78, 5) is 41.6. The van der Waals surface area contributed by atoms with Crippen molar-refractivity contribution in [1.82, 2.24) is 14.5 Å². The lowest BCUT2D eigenvalue weighted by Crippen LogP contribution is -2.61. The Kier molecular flexibility index (Phi) is 4.46. The SMILES string of the molecule is C[C@@H](O)[C@H]1C(=O)N2C(C(=O)O)=C(c3ccc(NC(=O)c4nccn4C)cc3)C[C@H]12. The van der Waals surface area contributed by atoms with E-state index < -0.39 is 18.0 Å². The number of fused-ring (bicyclic) bond motifs is 1. The highest BCUT2D eigenvalue weighted by molar-refractivity contribution is 6.06. The zero-order valence-corrected chi connectivity index (χ0v) is 15.9. The Morgan fingerprint density at radius 1 is 1.28 bits per heavy atom. The molecule has 2 aliphatic heterocycles. The van der Waals surface area contributed by atoms with Crippen LogP contribution in [0, 0.1) is 5.92 Å². The lowest BCUT2D eigenvalue weighted by molar-refractivity contribution is -0.161. The molecule has 0 radical (unpaired) electrons. The molecule has 2 amide bonds.